The molecular formula is C29H26N4O2S. The maximum absolute atomic E-state index is 13.6. The first-order valence-electron chi connectivity index (χ1n) is 11.7. The summed E-state index contributed by atoms with van der Waals surface area (Å²) in [7, 11) is -1.35. The SMILES string of the molecule is O=C(NCc1ccc(S(=O)N(Cc2ccccc2)Cc2ccccc2)cc1)c1cc2cnccc2[nH]1. The molecule has 1 amide bonds. The highest BCUT2D eigenvalue weighted by Crippen LogP contribution is 2.19. The smallest absolute Gasteiger partial charge is 0.267 e. The van der Waals surface area contributed by atoms with Crippen molar-refractivity contribution in [2.45, 2.75) is 24.5 Å². The van der Waals surface area contributed by atoms with Crippen LogP contribution in [-0.4, -0.2) is 24.4 Å². The van der Waals surface area contributed by atoms with Gasteiger partial charge in [-0.05, 0) is 41.0 Å². The van der Waals surface area contributed by atoms with Crippen LogP contribution in [0.3, 0.4) is 0 Å². The van der Waals surface area contributed by atoms with Gasteiger partial charge in [0.15, 0.2) is 0 Å². The maximum atomic E-state index is 13.6. The Labute approximate surface area is 212 Å². The molecule has 180 valence electrons. The highest BCUT2D eigenvalue weighted by molar-refractivity contribution is 7.82. The molecule has 0 fully saturated rings. The topological polar surface area (TPSA) is 78.1 Å². The number of fused-ring (bicyclic) bond motifs is 1. The van der Waals surface area contributed by atoms with Gasteiger partial charge in [0, 0.05) is 42.9 Å². The number of amides is 1. The number of carbonyl (C=O) groups is 1. The summed E-state index contributed by atoms with van der Waals surface area (Å²) < 4.78 is 15.5. The Hall–Kier alpha value is -4.07. The van der Waals surface area contributed by atoms with Crippen molar-refractivity contribution in [3.05, 3.63) is 132 Å². The lowest BCUT2D eigenvalue weighted by molar-refractivity contribution is 0.0946. The molecule has 5 rings (SSSR count). The summed E-state index contributed by atoms with van der Waals surface area (Å²) in [6.45, 7) is 1.51. The Morgan fingerprint density at radius 2 is 1.47 bits per heavy atom. The van der Waals surface area contributed by atoms with Gasteiger partial charge in [-0.3, -0.25) is 9.78 Å². The zero-order valence-electron chi connectivity index (χ0n) is 19.6. The molecule has 5 aromatic rings. The van der Waals surface area contributed by atoms with E-state index in [1.807, 2.05) is 95.3 Å². The van der Waals surface area contributed by atoms with Gasteiger partial charge in [-0.1, -0.05) is 72.8 Å². The van der Waals surface area contributed by atoms with E-state index in [1.165, 1.54) is 0 Å². The van der Waals surface area contributed by atoms with Crippen LogP contribution in [0.5, 0.6) is 0 Å². The van der Waals surface area contributed by atoms with Crippen molar-refractivity contribution >= 4 is 27.8 Å². The molecule has 0 aliphatic carbocycles. The monoisotopic (exact) mass is 494 g/mol. The number of pyridine rings is 1. The molecule has 0 bridgehead atoms. The van der Waals surface area contributed by atoms with Crippen LogP contribution in [0, 0.1) is 0 Å². The van der Waals surface area contributed by atoms with Crippen molar-refractivity contribution in [2.75, 3.05) is 0 Å². The van der Waals surface area contributed by atoms with Crippen molar-refractivity contribution in [1.29, 1.82) is 0 Å². The summed E-state index contributed by atoms with van der Waals surface area (Å²) >= 11 is 0. The molecule has 0 saturated heterocycles. The fourth-order valence-electron chi connectivity index (χ4n) is 3.99. The van der Waals surface area contributed by atoms with E-state index < -0.39 is 11.0 Å². The summed E-state index contributed by atoms with van der Waals surface area (Å²) in [6.07, 6.45) is 3.41. The first-order valence-corrected chi connectivity index (χ1v) is 12.8. The number of hydrogen-bond donors (Lipinski definition) is 2. The molecular weight excluding hydrogens is 468 g/mol. The summed E-state index contributed by atoms with van der Waals surface area (Å²) in [5.74, 6) is -0.184. The van der Waals surface area contributed by atoms with Crippen molar-refractivity contribution in [3.63, 3.8) is 0 Å². The normalized spacial score (nSPS) is 12.0. The van der Waals surface area contributed by atoms with E-state index in [2.05, 4.69) is 15.3 Å². The fourth-order valence-corrected chi connectivity index (χ4v) is 5.19. The lowest BCUT2D eigenvalue weighted by atomic mass is 10.2. The van der Waals surface area contributed by atoms with Crippen LogP contribution in [0.4, 0.5) is 0 Å². The molecule has 3 aromatic carbocycles. The van der Waals surface area contributed by atoms with Gasteiger partial charge in [-0.25, -0.2) is 8.51 Å². The number of nitrogens with zero attached hydrogens (tertiary/aromatic N) is 2. The van der Waals surface area contributed by atoms with Crippen LogP contribution in [0.2, 0.25) is 0 Å². The average Bonchev–Trinajstić information content (AvgIpc) is 3.37. The minimum atomic E-state index is -1.35. The van der Waals surface area contributed by atoms with Crippen LogP contribution in [0.1, 0.15) is 27.2 Å². The summed E-state index contributed by atoms with van der Waals surface area (Å²) in [5.41, 5.74) is 4.51. The van der Waals surface area contributed by atoms with Crippen LogP contribution in [0.25, 0.3) is 10.9 Å². The average molecular weight is 495 g/mol. The van der Waals surface area contributed by atoms with E-state index in [4.69, 9.17) is 0 Å². The Balaban J connectivity index is 1.26. The fraction of sp³-hybridized carbons (Fsp3) is 0.103. The zero-order valence-corrected chi connectivity index (χ0v) is 20.4. The van der Waals surface area contributed by atoms with Gasteiger partial charge in [0.1, 0.15) is 16.7 Å². The molecule has 1 unspecified atom stereocenters. The quantitative estimate of drug-likeness (QED) is 0.295. The van der Waals surface area contributed by atoms with Gasteiger partial charge in [-0.2, -0.15) is 0 Å². The van der Waals surface area contributed by atoms with E-state index in [-0.39, 0.29) is 5.91 Å². The summed E-state index contributed by atoms with van der Waals surface area (Å²) in [5, 5.41) is 3.83. The Morgan fingerprint density at radius 1 is 0.833 bits per heavy atom. The molecule has 2 heterocycles. The number of rotatable bonds is 9. The molecule has 0 aliphatic rings. The number of hydrogen-bond acceptors (Lipinski definition) is 3. The van der Waals surface area contributed by atoms with Crippen LogP contribution < -0.4 is 5.32 Å². The third kappa shape index (κ3) is 5.76. The van der Waals surface area contributed by atoms with Crippen molar-refractivity contribution in [2.24, 2.45) is 0 Å². The minimum Gasteiger partial charge on any atom is -0.350 e. The molecule has 36 heavy (non-hydrogen) atoms. The number of aromatic amines is 1. The van der Waals surface area contributed by atoms with Gasteiger partial charge >= 0.3 is 0 Å². The predicted molar refractivity (Wildman–Crippen MR) is 142 cm³/mol. The molecule has 2 N–H and O–H groups in total. The first-order chi connectivity index (χ1) is 17.7. The van der Waals surface area contributed by atoms with Crippen LogP contribution in [-0.2, 0) is 30.6 Å². The van der Waals surface area contributed by atoms with Crippen molar-refractivity contribution < 1.29 is 9.00 Å². The van der Waals surface area contributed by atoms with Crippen molar-refractivity contribution in [1.82, 2.24) is 19.6 Å². The van der Waals surface area contributed by atoms with Gasteiger partial charge in [0.25, 0.3) is 5.91 Å². The summed E-state index contributed by atoms with van der Waals surface area (Å²) in [6, 6.07) is 31.3. The highest BCUT2D eigenvalue weighted by Gasteiger charge is 2.17. The molecule has 7 heteroatoms. The summed E-state index contributed by atoms with van der Waals surface area (Å²) in [4.78, 5) is 20.5. The van der Waals surface area contributed by atoms with Gasteiger partial charge in [0.2, 0.25) is 0 Å². The van der Waals surface area contributed by atoms with E-state index in [0.717, 1.165) is 32.5 Å². The second kappa shape index (κ2) is 11.1. The number of aromatic nitrogens is 2. The number of nitrogens with one attached hydrogen (secondary N) is 2. The number of benzene rings is 3. The second-order valence-corrected chi connectivity index (χ2v) is 9.98. The van der Waals surface area contributed by atoms with E-state index in [1.54, 1.807) is 18.5 Å². The Bertz CT molecular complexity index is 1390. The molecule has 6 nitrogen and oxygen atoms in total. The lowest BCUT2D eigenvalue weighted by Crippen LogP contribution is -2.25. The minimum absolute atomic E-state index is 0.184. The van der Waals surface area contributed by atoms with E-state index in [0.29, 0.717) is 25.3 Å². The van der Waals surface area contributed by atoms with Gasteiger partial charge < -0.3 is 10.3 Å². The molecule has 0 aliphatic heterocycles. The molecule has 0 radical (unpaired) electrons. The number of H-pyrrole nitrogens is 1. The molecule has 2 aromatic heterocycles. The Kier molecular flexibility index (Phi) is 7.30. The van der Waals surface area contributed by atoms with Crippen LogP contribution in [0.15, 0.2) is 114 Å². The van der Waals surface area contributed by atoms with E-state index >= 15 is 0 Å². The maximum Gasteiger partial charge on any atom is 0.267 e. The lowest BCUT2D eigenvalue weighted by Gasteiger charge is -2.22. The zero-order chi connectivity index (χ0) is 24.7. The third-order valence-electron chi connectivity index (χ3n) is 5.88. The Morgan fingerprint density at radius 3 is 2.08 bits per heavy atom. The second-order valence-electron chi connectivity index (χ2n) is 8.49. The first kappa shape index (κ1) is 23.7. The standard InChI is InChI=1S/C29H26N4O2S/c34-29(28-17-25-19-30-16-15-27(25)32-28)31-18-22-11-13-26(14-12-22)36(35)33(20-23-7-3-1-4-8-23)21-24-9-5-2-6-10-24/h1-17,19,32H,18,20-21H2,(H,31,34). The molecule has 0 saturated carbocycles. The largest absolute Gasteiger partial charge is 0.350 e. The number of carbonyl (C=O) groups excluding carboxylic acids is 1. The highest BCUT2D eigenvalue weighted by atomic mass is 32.2. The van der Waals surface area contributed by atoms with Gasteiger partial charge in [-0.15, -0.1) is 0 Å². The van der Waals surface area contributed by atoms with E-state index in [9.17, 15) is 9.00 Å². The van der Waals surface area contributed by atoms with Crippen LogP contribution >= 0.6 is 0 Å². The van der Waals surface area contributed by atoms with Crippen molar-refractivity contribution in [3.8, 4) is 0 Å². The predicted octanol–water partition coefficient (Wildman–Crippen LogP) is 5.22. The third-order valence-corrected chi connectivity index (χ3v) is 7.28. The molecule has 1 atom stereocenters. The van der Waals surface area contributed by atoms with Gasteiger partial charge in [0.05, 0.1) is 4.90 Å². The molecule has 0 spiro atoms.